The van der Waals surface area contributed by atoms with E-state index in [2.05, 4.69) is 62.4 Å². The van der Waals surface area contributed by atoms with Gasteiger partial charge in [0.05, 0.1) is 0 Å². The Bertz CT molecular complexity index is 274. The molecule has 0 aliphatic heterocycles. The molecule has 2 aromatic carbocycles. The molecule has 0 N–H and O–H groups in total. The Hall–Kier alpha value is -0.296. The molecule has 0 unspecified atom stereocenters. The smallest absolute Gasteiger partial charge is 0.213 e. The summed E-state index contributed by atoms with van der Waals surface area (Å²) in [6, 6.07) is 16.8. The van der Waals surface area contributed by atoms with Gasteiger partial charge in [-0.1, -0.05) is 26.7 Å². The van der Waals surface area contributed by atoms with Gasteiger partial charge >= 0.3 is 21.7 Å². The minimum absolute atomic E-state index is 0. The van der Waals surface area contributed by atoms with Crippen molar-refractivity contribution in [3.8, 4) is 0 Å². The Balaban J connectivity index is 0. The molecule has 0 aliphatic rings. The van der Waals surface area contributed by atoms with Crippen LogP contribution in [0.1, 0.15) is 25.0 Å². The van der Waals surface area contributed by atoms with Crippen LogP contribution in [0.4, 0.5) is 0 Å². The van der Waals surface area contributed by atoms with E-state index >= 15 is 0 Å². The van der Waals surface area contributed by atoms with E-state index in [0.717, 1.165) is 12.8 Å². The summed E-state index contributed by atoms with van der Waals surface area (Å²) in [6.07, 6.45) is 2.32. The van der Waals surface area contributed by atoms with Crippen LogP contribution in [-0.2, 0) is 34.6 Å². The first-order valence-electron chi connectivity index (χ1n) is 5.28. The van der Waals surface area contributed by atoms with Gasteiger partial charge in [-0.15, -0.1) is 12.4 Å². The van der Waals surface area contributed by atoms with Crippen molar-refractivity contribution in [1.29, 1.82) is 0 Å². The second kappa shape index (κ2) is 11.2. The molecule has 0 atom stereocenters. The van der Waals surface area contributed by atoms with Gasteiger partial charge in [0.1, 0.15) is 0 Å². The molecule has 0 amide bonds. The number of rotatable bonds is 2. The van der Waals surface area contributed by atoms with E-state index in [0.29, 0.717) is 0 Å². The molecule has 0 bridgehead atoms. The van der Waals surface area contributed by atoms with Crippen LogP contribution in [0.25, 0.3) is 0 Å². The van der Waals surface area contributed by atoms with Gasteiger partial charge in [-0.25, -0.2) is 24.3 Å². The minimum Gasteiger partial charge on any atom is -0.213 e. The number of aryl methyl sites for hydroxylation is 2. The summed E-state index contributed by atoms with van der Waals surface area (Å²) in [5.74, 6) is 0. The fourth-order valence-corrected chi connectivity index (χ4v) is 1.30. The van der Waals surface area contributed by atoms with Gasteiger partial charge in [-0.2, -0.15) is 35.4 Å². The Labute approximate surface area is 120 Å². The summed E-state index contributed by atoms with van der Waals surface area (Å²) < 4.78 is 0. The SMILES string of the molecule is CCc1ccc[cH-]1.CCc1ccc[cH-]1.Cl.[Ti+2]. The van der Waals surface area contributed by atoms with Crippen LogP contribution in [0.3, 0.4) is 0 Å². The van der Waals surface area contributed by atoms with Crippen molar-refractivity contribution in [2.75, 3.05) is 0 Å². The maximum atomic E-state index is 2.16. The summed E-state index contributed by atoms with van der Waals surface area (Å²) in [5, 5.41) is 0. The van der Waals surface area contributed by atoms with Crippen LogP contribution in [0.5, 0.6) is 0 Å². The van der Waals surface area contributed by atoms with E-state index in [-0.39, 0.29) is 34.1 Å². The Morgan fingerprint density at radius 1 is 0.875 bits per heavy atom. The van der Waals surface area contributed by atoms with Gasteiger partial charge in [0, 0.05) is 0 Å². The molecular weight excluding hydrogens is 251 g/mol. The van der Waals surface area contributed by atoms with Crippen molar-refractivity contribution in [3.05, 3.63) is 59.7 Å². The Morgan fingerprint density at radius 2 is 1.25 bits per heavy atom. The molecule has 2 heteroatoms. The molecule has 0 spiro atoms. The zero-order valence-electron chi connectivity index (χ0n) is 9.94. The van der Waals surface area contributed by atoms with Crippen LogP contribution >= 0.6 is 12.4 Å². The van der Waals surface area contributed by atoms with Crippen LogP contribution in [0.2, 0.25) is 0 Å². The molecule has 0 aromatic heterocycles. The van der Waals surface area contributed by atoms with E-state index in [1.165, 1.54) is 11.1 Å². The number of hydrogen-bond donors (Lipinski definition) is 0. The van der Waals surface area contributed by atoms with E-state index in [4.69, 9.17) is 0 Å². The van der Waals surface area contributed by atoms with Gasteiger partial charge in [0.2, 0.25) is 0 Å². The van der Waals surface area contributed by atoms with Crippen LogP contribution in [0.15, 0.2) is 48.5 Å². The van der Waals surface area contributed by atoms with Crippen LogP contribution in [-0.4, -0.2) is 0 Å². The predicted molar refractivity (Wildman–Crippen MR) is 70.1 cm³/mol. The zero-order valence-corrected chi connectivity index (χ0v) is 12.3. The summed E-state index contributed by atoms with van der Waals surface area (Å²) in [4.78, 5) is 0. The molecule has 86 valence electrons. The largest absolute Gasteiger partial charge is 2.00 e. The van der Waals surface area contributed by atoms with Crippen molar-refractivity contribution in [2.45, 2.75) is 26.7 Å². The maximum Gasteiger partial charge on any atom is 2.00 e. The van der Waals surface area contributed by atoms with E-state index in [1.807, 2.05) is 0 Å². The molecule has 0 nitrogen and oxygen atoms in total. The molecule has 0 saturated heterocycles. The van der Waals surface area contributed by atoms with Gasteiger partial charge in [-0.3, -0.25) is 0 Å². The first kappa shape index (κ1) is 18.1. The molecular formula is C14H19ClTi. The van der Waals surface area contributed by atoms with Crippen LogP contribution in [0, 0.1) is 0 Å². The van der Waals surface area contributed by atoms with Gasteiger partial charge in [-0.05, 0) is 0 Å². The molecule has 0 radical (unpaired) electrons. The van der Waals surface area contributed by atoms with Gasteiger partial charge in [0.25, 0.3) is 0 Å². The third-order valence-electron chi connectivity index (χ3n) is 2.28. The second-order valence-electron chi connectivity index (χ2n) is 3.29. The average Bonchev–Trinajstić information content (AvgIpc) is 2.92. The van der Waals surface area contributed by atoms with Crippen LogP contribution < -0.4 is 0 Å². The van der Waals surface area contributed by atoms with Crippen molar-refractivity contribution in [3.63, 3.8) is 0 Å². The average molecular weight is 271 g/mol. The van der Waals surface area contributed by atoms with Crippen molar-refractivity contribution in [1.82, 2.24) is 0 Å². The van der Waals surface area contributed by atoms with Gasteiger partial charge < -0.3 is 0 Å². The molecule has 0 saturated carbocycles. The quantitative estimate of drug-likeness (QED) is 0.562. The molecule has 0 aliphatic carbocycles. The molecule has 2 aromatic rings. The topological polar surface area (TPSA) is 0 Å². The predicted octanol–water partition coefficient (Wildman–Crippen LogP) is 4.36. The standard InChI is InChI=1S/2C7H9.ClH.Ti/c2*1-2-7-5-3-4-6-7;;/h2*3-6H,2H2,1H3;1H;/q2*-1;;+2. The fourth-order valence-electron chi connectivity index (χ4n) is 1.30. The van der Waals surface area contributed by atoms with Crippen molar-refractivity contribution < 1.29 is 21.7 Å². The van der Waals surface area contributed by atoms with Crippen molar-refractivity contribution in [2.24, 2.45) is 0 Å². The third kappa shape index (κ3) is 7.06. The second-order valence-corrected chi connectivity index (χ2v) is 3.29. The number of halogens is 1. The van der Waals surface area contributed by atoms with Crippen molar-refractivity contribution >= 4 is 12.4 Å². The first-order chi connectivity index (χ1) is 6.86. The Kier molecular flexibility index (Phi) is 12.7. The van der Waals surface area contributed by atoms with E-state index in [9.17, 15) is 0 Å². The summed E-state index contributed by atoms with van der Waals surface area (Å²) >= 11 is 0. The van der Waals surface area contributed by atoms with E-state index < -0.39 is 0 Å². The minimum atomic E-state index is 0. The summed E-state index contributed by atoms with van der Waals surface area (Å²) in [5.41, 5.74) is 2.86. The first-order valence-corrected chi connectivity index (χ1v) is 5.28. The molecule has 16 heavy (non-hydrogen) atoms. The maximum absolute atomic E-state index is 2.16. The van der Waals surface area contributed by atoms with Gasteiger partial charge in [0.15, 0.2) is 0 Å². The molecule has 0 heterocycles. The zero-order chi connectivity index (χ0) is 10.2. The Morgan fingerprint density at radius 3 is 1.38 bits per heavy atom. The summed E-state index contributed by atoms with van der Waals surface area (Å²) in [7, 11) is 0. The monoisotopic (exact) mass is 270 g/mol. The number of hydrogen-bond acceptors (Lipinski definition) is 0. The molecule has 0 fully saturated rings. The molecule has 2 rings (SSSR count). The third-order valence-corrected chi connectivity index (χ3v) is 2.28. The summed E-state index contributed by atoms with van der Waals surface area (Å²) in [6.45, 7) is 4.32. The van der Waals surface area contributed by atoms with E-state index in [1.54, 1.807) is 0 Å². The fraction of sp³-hybridized carbons (Fsp3) is 0.286. The normalized spacial score (nSPS) is 8.12.